The summed E-state index contributed by atoms with van der Waals surface area (Å²) in [6, 6.07) is 6.28. The molecule has 0 bridgehead atoms. The van der Waals surface area contributed by atoms with Gasteiger partial charge in [0.05, 0.1) is 18.8 Å². The van der Waals surface area contributed by atoms with Crippen molar-refractivity contribution < 1.29 is 24.2 Å². The van der Waals surface area contributed by atoms with Gasteiger partial charge in [0.2, 0.25) is 0 Å². The lowest BCUT2D eigenvalue weighted by atomic mass is 9.72. The van der Waals surface area contributed by atoms with Gasteiger partial charge in [-0.3, -0.25) is 9.59 Å². The van der Waals surface area contributed by atoms with Crippen molar-refractivity contribution in [3.05, 3.63) is 52.7 Å². The number of benzene rings is 1. The van der Waals surface area contributed by atoms with Gasteiger partial charge in [-0.15, -0.1) is 0 Å². The predicted octanol–water partition coefficient (Wildman–Crippen LogP) is 5.80. The summed E-state index contributed by atoms with van der Waals surface area (Å²) >= 11 is 0. The minimum atomic E-state index is -0.757. The van der Waals surface area contributed by atoms with E-state index in [1.54, 1.807) is 6.92 Å². The number of hydrogen-bond donors (Lipinski definition) is 2. The Hall–Kier alpha value is -2.60. The summed E-state index contributed by atoms with van der Waals surface area (Å²) in [5.41, 5.74) is 2.06. The highest BCUT2D eigenvalue weighted by atomic mass is 16.5. The second-order valence-electron chi connectivity index (χ2n) is 12.6. The monoisotopic (exact) mass is 525 g/mol. The summed E-state index contributed by atoms with van der Waals surface area (Å²) in [7, 11) is 1.38. The van der Waals surface area contributed by atoms with Crippen LogP contribution in [-0.4, -0.2) is 42.2 Å². The molecule has 0 fully saturated rings. The van der Waals surface area contributed by atoms with E-state index < -0.39 is 17.1 Å². The third-order valence-electron chi connectivity index (χ3n) is 9.15. The minimum Gasteiger partial charge on any atom is -0.491 e. The number of Topliss-reactive ketones (excluding diaryl/α,β-unsaturated/α-hetero) is 1. The number of esters is 1. The number of ether oxygens (including phenoxy) is 2. The van der Waals surface area contributed by atoms with Crippen LogP contribution < -0.4 is 10.1 Å². The fourth-order valence-electron chi connectivity index (χ4n) is 5.48. The molecule has 6 heteroatoms. The number of rotatable bonds is 11. The van der Waals surface area contributed by atoms with Crippen molar-refractivity contribution in [2.45, 2.75) is 98.6 Å². The van der Waals surface area contributed by atoms with Crippen molar-refractivity contribution in [1.82, 2.24) is 5.32 Å². The zero-order valence-corrected chi connectivity index (χ0v) is 25.0. The minimum absolute atomic E-state index is 0.00574. The van der Waals surface area contributed by atoms with E-state index in [9.17, 15) is 14.7 Å². The Labute approximate surface area is 228 Å². The van der Waals surface area contributed by atoms with E-state index in [2.05, 4.69) is 44.3 Å². The molecule has 0 aromatic heterocycles. The molecule has 6 nitrogen and oxygen atoms in total. The van der Waals surface area contributed by atoms with Gasteiger partial charge in [0.25, 0.3) is 0 Å². The van der Waals surface area contributed by atoms with Gasteiger partial charge in [0.15, 0.2) is 5.78 Å². The molecule has 2 N–H and O–H groups in total. The van der Waals surface area contributed by atoms with Crippen LogP contribution in [0, 0.1) is 23.7 Å². The van der Waals surface area contributed by atoms with Crippen molar-refractivity contribution in [1.29, 1.82) is 0 Å². The number of ketones is 1. The molecule has 0 saturated heterocycles. The van der Waals surface area contributed by atoms with E-state index in [4.69, 9.17) is 9.47 Å². The van der Waals surface area contributed by atoms with E-state index in [0.717, 1.165) is 35.4 Å². The van der Waals surface area contributed by atoms with Gasteiger partial charge in [-0.05, 0) is 61.8 Å². The first-order chi connectivity index (χ1) is 17.6. The Morgan fingerprint density at radius 2 is 1.79 bits per heavy atom. The van der Waals surface area contributed by atoms with Crippen molar-refractivity contribution in [3.8, 4) is 5.75 Å². The number of methoxy groups -OCH3 is 1. The first-order valence-electron chi connectivity index (χ1n) is 13.9. The molecule has 0 saturated carbocycles. The van der Waals surface area contributed by atoms with Crippen molar-refractivity contribution in [3.63, 3.8) is 0 Å². The molecule has 1 aromatic carbocycles. The fourth-order valence-corrected chi connectivity index (χ4v) is 5.48. The van der Waals surface area contributed by atoms with Crippen LogP contribution in [0.1, 0.15) is 85.8 Å². The summed E-state index contributed by atoms with van der Waals surface area (Å²) in [5, 5.41) is 14.0. The Morgan fingerprint density at radius 1 is 1.16 bits per heavy atom. The molecular weight excluding hydrogens is 478 g/mol. The molecule has 1 heterocycles. The Bertz CT molecular complexity index is 1140. The van der Waals surface area contributed by atoms with E-state index >= 15 is 0 Å². The van der Waals surface area contributed by atoms with E-state index in [1.807, 2.05) is 46.8 Å². The maximum Gasteiger partial charge on any atom is 0.319 e. The van der Waals surface area contributed by atoms with Crippen LogP contribution in [0.5, 0.6) is 5.75 Å². The van der Waals surface area contributed by atoms with E-state index in [1.165, 1.54) is 12.7 Å². The van der Waals surface area contributed by atoms with Crippen molar-refractivity contribution in [2.24, 2.45) is 16.7 Å². The van der Waals surface area contributed by atoms with Gasteiger partial charge < -0.3 is 19.9 Å². The quantitative estimate of drug-likeness (QED) is 0.281. The highest BCUT2D eigenvalue weighted by Crippen LogP contribution is 2.49. The molecule has 3 rings (SSSR count). The Morgan fingerprint density at radius 3 is 2.32 bits per heavy atom. The molecule has 38 heavy (non-hydrogen) atoms. The summed E-state index contributed by atoms with van der Waals surface area (Å²) in [4.78, 5) is 25.7. The fraction of sp³-hybridized carbons (Fsp3) is 0.625. The Balaban J connectivity index is 1.81. The van der Waals surface area contributed by atoms with Crippen LogP contribution in [0.15, 0.2) is 41.6 Å². The number of allylic oxidation sites excluding steroid dienone is 1. The van der Waals surface area contributed by atoms with Crippen molar-refractivity contribution >= 4 is 11.8 Å². The number of hydrogen-bond acceptors (Lipinski definition) is 6. The zero-order valence-electron chi connectivity index (χ0n) is 25.0. The number of nitrogens with one attached hydrogen (secondary N) is 1. The van der Waals surface area contributed by atoms with E-state index in [0.29, 0.717) is 0 Å². The van der Waals surface area contributed by atoms with Gasteiger partial charge in [0.1, 0.15) is 17.8 Å². The van der Waals surface area contributed by atoms with E-state index in [-0.39, 0.29) is 41.5 Å². The maximum atomic E-state index is 13.6. The largest absolute Gasteiger partial charge is 0.491 e. The topological polar surface area (TPSA) is 84.9 Å². The molecule has 4 atom stereocenters. The standard InChI is InChI=1S/C32H47NO5/c1-11-32(12-2,22-13-14-24(20(3)15-22)38-19-27(35)29(5,6)7)25-16-21(4)31(9,33-25)26(34)17-23-18-30(23,8)28(36)37-10/h13-16,18,21,27,33,35H,11-12,17,19H2,1-10H3. The molecule has 1 aliphatic carbocycles. The molecule has 0 spiro atoms. The van der Waals surface area contributed by atoms with Crippen LogP contribution in [-0.2, 0) is 19.7 Å². The van der Waals surface area contributed by atoms with Gasteiger partial charge in [0, 0.05) is 23.5 Å². The molecular formula is C32H47NO5. The second-order valence-corrected chi connectivity index (χ2v) is 12.6. The number of carbonyl (C=O) groups is 2. The highest BCUT2D eigenvalue weighted by Gasteiger charge is 2.52. The lowest BCUT2D eigenvalue weighted by molar-refractivity contribution is -0.145. The molecule has 210 valence electrons. The van der Waals surface area contributed by atoms with Crippen LogP contribution in [0.4, 0.5) is 0 Å². The molecule has 2 aliphatic rings. The SMILES string of the molecule is CCC(CC)(C1=CC(C)C(C)(C(=O)CC2=CC2(C)C(=O)OC)N1)c1ccc(OCC(O)C(C)(C)C)c(C)c1. The third-order valence-corrected chi connectivity index (χ3v) is 9.15. The Kier molecular flexibility index (Phi) is 8.29. The highest BCUT2D eigenvalue weighted by molar-refractivity contribution is 5.97. The second kappa shape index (κ2) is 10.5. The van der Waals surface area contributed by atoms with Crippen LogP contribution in [0.25, 0.3) is 0 Å². The zero-order chi connectivity index (χ0) is 28.7. The average Bonchev–Trinajstić information content (AvgIpc) is 3.41. The number of carbonyl (C=O) groups excluding carboxylic acids is 2. The average molecular weight is 526 g/mol. The summed E-state index contributed by atoms with van der Waals surface area (Å²) in [6.07, 6.45) is 5.46. The molecule has 0 radical (unpaired) electrons. The van der Waals surface area contributed by atoms with Gasteiger partial charge in [-0.2, -0.15) is 0 Å². The predicted molar refractivity (Wildman–Crippen MR) is 151 cm³/mol. The lowest BCUT2D eigenvalue weighted by Crippen LogP contribution is -2.51. The van der Waals surface area contributed by atoms with Gasteiger partial charge in [-0.1, -0.05) is 65.8 Å². The first kappa shape index (κ1) is 29.9. The smallest absolute Gasteiger partial charge is 0.319 e. The van der Waals surface area contributed by atoms with Crippen LogP contribution >= 0.6 is 0 Å². The van der Waals surface area contributed by atoms with Gasteiger partial charge in [-0.25, -0.2) is 0 Å². The van der Waals surface area contributed by atoms with Crippen LogP contribution in [0.3, 0.4) is 0 Å². The number of aliphatic hydroxyl groups is 1. The number of aryl methyl sites for hydroxylation is 1. The molecule has 4 unspecified atom stereocenters. The summed E-state index contributed by atoms with van der Waals surface area (Å²) in [6.45, 7) is 18.5. The third kappa shape index (κ3) is 5.29. The van der Waals surface area contributed by atoms with Crippen molar-refractivity contribution in [2.75, 3.05) is 13.7 Å². The first-order valence-corrected chi connectivity index (χ1v) is 13.9. The molecule has 1 aliphatic heterocycles. The lowest BCUT2D eigenvalue weighted by Gasteiger charge is -2.38. The normalized spacial score (nSPS) is 25.7. The maximum absolute atomic E-state index is 13.6. The summed E-state index contributed by atoms with van der Waals surface area (Å²) in [5.74, 6) is 0.525. The van der Waals surface area contributed by atoms with Gasteiger partial charge >= 0.3 is 5.97 Å². The van der Waals surface area contributed by atoms with Crippen LogP contribution in [0.2, 0.25) is 0 Å². The number of aliphatic hydroxyl groups excluding tert-OH is 1. The molecule has 1 aromatic rings. The molecule has 0 amide bonds. The summed E-state index contributed by atoms with van der Waals surface area (Å²) < 4.78 is 10.9.